The van der Waals surface area contributed by atoms with E-state index in [0.29, 0.717) is 0 Å². The molecule has 3 rings (SSSR count). The fraction of sp³-hybridized carbons (Fsp3) is 0.235. The number of rotatable bonds is 3. The van der Waals surface area contributed by atoms with Gasteiger partial charge in [-0.15, -0.1) is 11.3 Å². The number of nitrogens with one attached hydrogen (secondary N) is 1. The Bertz CT molecular complexity index is 746. The standard InChI is InChI=1S/C17H18N2S/c1-11-4-5-15(12(2)8-11)19-13(3)14-9-17-16(18-10-14)6-7-20-17/h4-10,13,19H,1-3H3. The van der Waals surface area contributed by atoms with Gasteiger partial charge in [0.05, 0.1) is 16.3 Å². The molecule has 1 aromatic carbocycles. The van der Waals surface area contributed by atoms with Crippen molar-refractivity contribution in [1.82, 2.24) is 4.98 Å². The largest absolute Gasteiger partial charge is 0.378 e. The van der Waals surface area contributed by atoms with Crippen LogP contribution in [-0.4, -0.2) is 4.98 Å². The molecule has 0 aliphatic rings. The van der Waals surface area contributed by atoms with Crippen LogP contribution in [0.1, 0.15) is 29.7 Å². The lowest BCUT2D eigenvalue weighted by molar-refractivity contribution is 0.878. The zero-order chi connectivity index (χ0) is 14.1. The van der Waals surface area contributed by atoms with E-state index in [-0.39, 0.29) is 6.04 Å². The summed E-state index contributed by atoms with van der Waals surface area (Å²) in [7, 11) is 0. The highest BCUT2D eigenvalue weighted by Gasteiger charge is 2.09. The molecule has 0 aliphatic heterocycles. The molecule has 20 heavy (non-hydrogen) atoms. The molecule has 3 aromatic rings. The molecule has 102 valence electrons. The van der Waals surface area contributed by atoms with Gasteiger partial charge in [-0.05, 0) is 55.5 Å². The van der Waals surface area contributed by atoms with Gasteiger partial charge in [0.1, 0.15) is 0 Å². The third-order valence-corrected chi connectivity index (χ3v) is 4.43. The van der Waals surface area contributed by atoms with Crippen LogP contribution in [0.4, 0.5) is 5.69 Å². The summed E-state index contributed by atoms with van der Waals surface area (Å²) in [4.78, 5) is 4.51. The first-order chi connectivity index (χ1) is 9.63. The monoisotopic (exact) mass is 282 g/mol. The van der Waals surface area contributed by atoms with Crippen molar-refractivity contribution < 1.29 is 0 Å². The van der Waals surface area contributed by atoms with Gasteiger partial charge >= 0.3 is 0 Å². The van der Waals surface area contributed by atoms with Crippen molar-refractivity contribution in [3.63, 3.8) is 0 Å². The summed E-state index contributed by atoms with van der Waals surface area (Å²) in [5, 5.41) is 5.66. The third-order valence-electron chi connectivity index (χ3n) is 3.58. The maximum Gasteiger partial charge on any atom is 0.0809 e. The number of thiophene rings is 1. The van der Waals surface area contributed by atoms with Gasteiger partial charge in [0, 0.05) is 11.9 Å². The average Bonchev–Trinajstić information content (AvgIpc) is 2.89. The van der Waals surface area contributed by atoms with E-state index in [1.807, 2.05) is 6.20 Å². The van der Waals surface area contributed by atoms with Gasteiger partial charge in [-0.2, -0.15) is 0 Å². The highest BCUT2D eigenvalue weighted by atomic mass is 32.1. The van der Waals surface area contributed by atoms with Crippen molar-refractivity contribution >= 4 is 27.2 Å². The summed E-state index contributed by atoms with van der Waals surface area (Å²) in [6.07, 6.45) is 1.97. The van der Waals surface area contributed by atoms with Crippen LogP contribution in [0.3, 0.4) is 0 Å². The van der Waals surface area contributed by atoms with Gasteiger partial charge in [0.15, 0.2) is 0 Å². The minimum Gasteiger partial charge on any atom is -0.378 e. The molecule has 3 heteroatoms. The molecule has 0 spiro atoms. The van der Waals surface area contributed by atoms with Crippen LogP contribution in [0, 0.1) is 13.8 Å². The minimum atomic E-state index is 0.246. The second-order valence-electron chi connectivity index (χ2n) is 5.26. The molecule has 0 saturated carbocycles. The molecule has 2 aromatic heterocycles. The van der Waals surface area contributed by atoms with Crippen LogP contribution in [0.15, 0.2) is 41.9 Å². The normalized spacial score (nSPS) is 12.6. The number of aryl methyl sites for hydroxylation is 2. The van der Waals surface area contributed by atoms with Crippen LogP contribution in [0.2, 0.25) is 0 Å². The topological polar surface area (TPSA) is 24.9 Å². The van der Waals surface area contributed by atoms with E-state index in [1.54, 1.807) is 11.3 Å². The lowest BCUT2D eigenvalue weighted by Gasteiger charge is -2.17. The van der Waals surface area contributed by atoms with Crippen molar-refractivity contribution in [3.8, 4) is 0 Å². The zero-order valence-corrected chi connectivity index (χ0v) is 12.8. The summed E-state index contributed by atoms with van der Waals surface area (Å²) >= 11 is 1.74. The Kier molecular flexibility index (Phi) is 3.45. The first-order valence-electron chi connectivity index (χ1n) is 6.80. The molecule has 0 radical (unpaired) electrons. The molecule has 2 heterocycles. The van der Waals surface area contributed by atoms with Gasteiger partial charge in [-0.3, -0.25) is 4.98 Å². The summed E-state index contributed by atoms with van der Waals surface area (Å²) < 4.78 is 1.25. The number of anilines is 1. The van der Waals surface area contributed by atoms with Crippen LogP contribution in [0.25, 0.3) is 10.2 Å². The highest BCUT2D eigenvalue weighted by Crippen LogP contribution is 2.26. The summed E-state index contributed by atoms with van der Waals surface area (Å²) in [5.74, 6) is 0. The van der Waals surface area contributed by atoms with E-state index >= 15 is 0 Å². The van der Waals surface area contributed by atoms with E-state index in [2.05, 4.69) is 66.8 Å². The van der Waals surface area contributed by atoms with E-state index in [4.69, 9.17) is 0 Å². The molecule has 0 aliphatic carbocycles. The number of aromatic nitrogens is 1. The van der Waals surface area contributed by atoms with Crippen LogP contribution >= 0.6 is 11.3 Å². The average molecular weight is 282 g/mol. The molecule has 0 amide bonds. The van der Waals surface area contributed by atoms with Gasteiger partial charge in [0.2, 0.25) is 0 Å². The second kappa shape index (κ2) is 5.25. The second-order valence-corrected chi connectivity index (χ2v) is 6.20. The first kappa shape index (κ1) is 13.1. The van der Waals surface area contributed by atoms with Gasteiger partial charge in [-0.1, -0.05) is 17.7 Å². The molecule has 0 fully saturated rings. The van der Waals surface area contributed by atoms with Gasteiger partial charge in [-0.25, -0.2) is 0 Å². The van der Waals surface area contributed by atoms with E-state index in [0.717, 1.165) is 5.52 Å². The van der Waals surface area contributed by atoms with Crippen LogP contribution < -0.4 is 5.32 Å². The fourth-order valence-corrected chi connectivity index (χ4v) is 3.18. The Hall–Kier alpha value is -1.87. The van der Waals surface area contributed by atoms with E-state index in [1.165, 1.54) is 27.1 Å². The Labute approximate surface area is 123 Å². The number of benzene rings is 1. The summed E-state index contributed by atoms with van der Waals surface area (Å²) in [5.41, 5.74) is 6.07. The third kappa shape index (κ3) is 2.54. The SMILES string of the molecule is Cc1ccc(NC(C)c2cnc3ccsc3c2)c(C)c1. The Morgan fingerprint density at radius 1 is 1.15 bits per heavy atom. The highest BCUT2D eigenvalue weighted by molar-refractivity contribution is 7.17. The number of hydrogen-bond donors (Lipinski definition) is 1. The number of nitrogens with zero attached hydrogens (tertiary/aromatic N) is 1. The molecule has 1 unspecified atom stereocenters. The summed E-state index contributed by atoms with van der Waals surface area (Å²) in [6, 6.07) is 11.0. The van der Waals surface area contributed by atoms with Crippen molar-refractivity contribution in [2.45, 2.75) is 26.8 Å². The Morgan fingerprint density at radius 2 is 2.00 bits per heavy atom. The Balaban J connectivity index is 1.86. The minimum absolute atomic E-state index is 0.246. The van der Waals surface area contributed by atoms with E-state index in [9.17, 15) is 0 Å². The molecule has 0 saturated heterocycles. The first-order valence-corrected chi connectivity index (χ1v) is 7.68. The number of pyridine rings is 1. The van der Waals surface area contributed by atoms with Crippen molar-refractivity contribution in [3.05, 3.63) is 58.6 Å². The predicted molar refractivity (Wildman–Crippen MR) is 87.6 cm³/mol. The Morgan fingerprint density at radius 3 is 2.80 bits per heavy atom. The molecule has 0 bridgehead atoms. The van der Waals surface area contributed by atoms with Gasteiger partial charge < -0.3 is 5.32 Å². The number of fused-ring (bicyclic) bond motifs is 1. The summed E-state index contributed by atoms with van der Waals surface area (Å²) in [6.45, 7) is 6.44. The number of hydrogen-bond acceptors (Lipinski definition) is 3. The maximum absolute atomic E-state index is 4.51. The van der Waals surface area contributed by atoms with Crippen molar-refractivity contribution in [1.29, 1.82) is 0 Å². The lowest BCUT2D eigenvalue weighted by atomic mass is 10.1. The quantitative estimate of drug-likeness (QED) is 0.724. The maximum atomic E-state index is 4.51. The van der Waals surface area contributed by atoms with Crippen LogP contribution in [0.5, 0.6) is 0 Å². The molecule has 1 N–H and O–H groups in total. The zero-order valence-electron chi connectivity index (χ0n) is 12.0. The van der Waals surface area contributed by atoms with Crippen LogP contribution in [-0.2, 0) is 0 Å². The molecular weight excluding hydrogens is 264 g/mol. The molecule has 2 nitrogen and oxygen atoms in total. The smallest absolute Gasteiger partial charge is 0.0809 e. The van der Waals surface area contributed by atoms with Gasteiger partial charge in [0.25, 0.3) is 0 Å². The van der Waals surface area contributed by atoms with Crippen molar-refractivity contribution in [2.24, 2.45) is 0 Å². The van der Waals surface area contributed by atoms with E-state index < -0.39 is 0 Å². The fourth-order valence-electron chi connectivity index (χ4n) is 2.39. The predicted octanol–water partition coefficient (Wildman–Crippen LogP) is 5.09. The lowest BCUT2D eigenvalue weighted by Crippen LogP contribution is -2.08. The molecular formula is C17H18N2S. The molecule has 1 atom stereocenters. The van der Waals surface area contributed by atoms with Crippen molar-refractivity contribution in [2.75, 3.05) is 5.32 Å².